The van der Waals surface area contributed by atoms with Gasteiger partial charge in [0, 0.05) is 43.6 Å². The molecule has 7 nitrogen and oxygen atoms in total. The van der Waals surface area contributed by atoms with Gasteiger partial charge in [-0.25, -0.2) is 9.97 Å². The van der Waals surface area contributed by atoms with E-state index in [1.165, 1.54) is 18.5 Å². The van der Waals surface area contributed by atoms with E-state index in [4.69, 9.17) is 5.11 Å². The first-order chi connectivity index (χ1) is 13.2. The maximum absolute atomic E-state index is 11.1. The molecule has 0 amide bonds. The predicted molar refractivity (Wildman–Crippen MR) is 106 cm³/mol. The van der Waals surface area contributed by atoms with Crippen LogP contribution in [0.1, 0.15) is 25.7 Å². The Morgan fingerprint density at radius 3 is 2.37 bits per heavy atom. The molecule has 0 saturated carbocycles. The number of piperidine rings is 1. The minimum atomic E-state index is -0.697. The molecule has 27 heavy (non-hydrogen) atoms. The Hall–Kier alpha value is -2.83. The Balaban J connectivity index is 1.40. The lowest BCUT2D eigenvalue weighted by atomic mass is 9.97. The van der Waals surface area contributed by atoms with Crippen LogP contribution in [0.2, 0.25) is 0 Å². The maximum Gasteiger partial charge on any atom is 0.306 e. The van der Waals surface area contributed by atoms with Crippen molar-refractivity contribution in [3.8, 4) is 0 Å². The first-order valence-electron chi connectivity index (χ1n) is 9.61. The van der Waals surface area contributed by atoms with Crippen LogP contribution in [0, 0.1) is 5.92 Å². The number of hydrogen-bond acceptors (Lipinski definition) is 6. The van der Waals surface area contributed by atoms with E-state index in [1.807, 2.05) is 6.07 Å². The molecule has 4 rings (SSSR count). The largest absolute Gasteiger partial charge is 0.481 e. The van der Waals surface area contributed by atoms with Crippen molar-refractivity contribution in [2.45, 2.75) is 25.7 Å². The molecule has 0 atom stereocenters. The summed E-state index contributed by atoms with van der Waals surface area (Å²) in [5.74, 6) is 0.645. The van der Waals surface area contributed by atoms with Gasteiger partial charge in [-0.15, -0.1) is 0 Å². The molecule has 0 aliphatic carbocycles. The molecule has 2 N–H and O–H groups in total. The second kappa shape index (κ2) is 7.82. The minimum Gasteiger partial charge on any atom is -0.481 e. The Kier molecular flexibility index (Phi) is 5.09. The van der Waals surface area contributed by atoms with Gasteiger partial charge in [-0.1, -0.05) is 0 Å². The van der Waals surface area contributed by atoms with E-state index in [-0.39, 0.29) is 5.92 Å². The van der Waals surface area contributed by atoms with Crippen LogP contribution in [0.15, 0.2) is 36.7 Å². The number of aliphatic carboxylic acids is 1. The van der Waals surface area contributed by atoms with Gasteiger partial charge in [-0.2, -0.15) is 0 Å². The van der Waals surface area contributed by atoms with E-state index in [2.05, 4.69) is 49.4 Å². The molecule has 142 valence electrons. The number of rotatable bonds is 5. The lowest BCUT2D eigenvalue weighted by Gasteiger charge is -2.31. The van der Waals surface area contributed by atoms with Crippen LogP contribution in [0.4, 0.5) is 23.0 Å². The van der Waals surface area contributed by atoms with Gasteiger partial charge < -0.3 is 20.2 Å². The van der Waals surface area contributed by atoms with Crippen LogP contribution in [0.3, 0.4) is 0 Å². The zero-order valence-electron chi connectivity index (χ0n) is 15.3. The summed E-state index contributed by atoms with van der Waals surface area (Å²) in [5.41, 5.74) is 2.26. The molecule has 3 heterocycles. The molecule has 2 aliphatic rings. The van der Waals surface area contributed by atoms with Crippen molar-refractivity contribution < 1.29 is 9.90 Å². The van der Waals surface area contributed by atoms with E-state index < -0.39 is 5.97 Å². The molecule has 2 aliphatic heterocycles. The zero-order valence-corrected chi connectivity index (χ0v) is 15.3. The van der Waals surface area contributed by atoms with Crippen LogP contribution in [0.25, 0.3) is 0 Å². The Bertz CT molecular complexity index is 781. The number of nitrogens with one attached hydrogen (secondary N) is 1. The van der Waals surface area contributed by atoms with Crippen LogP contribution < -0.4 is 15.1 Å². The normalized spacial score (nSPS) is 17.9. The van der Waals surface area contributed by atoms with Gasteiger partial charge in [0.05, 0.1) is 5.92 Å². The number of nitrogens with zero attached hydrogens (tertiary/aromatic N) is 4. The van der Waals surface area contributed by atoms with Crippen LogP contribution >= 0.6 is 0 Å². The van der Waals surface area contributed by atoms with E-state index in [9.17, 15) is 4.79 Å². The SMILES string of the molecule is O=C(O)C1CCN(c2cc(Nc3ccc(N4CCCC4)cc3)ncn2)CC1. The smallest absolute Gasteiger partial charge is 0.306 e. The van der Waals surface area contributed by atoms with Gasteiger partial charge >= 0.3 is 5.97 Å². The predicted octanol–water partition coefficient (Wildman–Crippen LogP) is 3.12. The summed E-state index contributed by atoms with van der Waals surface area (Å²) in [6.45, 7) is 3.69. The zero-order chi connectivity index (χ0) is 18.6. The molecule has 1 aromatic carbocycles. The molecule has 2 fully saturated rings. The second-order valence-electron chi connectivity index (χ2n) is 7.23. The topological polar surface area (TPSA) is 81.6 Å². The van der Waals surface area contributed by atoms with Crippen molar-refractivity contribution in [3.63, 3.8) is 0 Å². The van der Waals surface area contributed by atoms with E-state index in [1.54, 1.807) is 6.33 Å². The molecular formula is C20H25N5O2. The molecule has 0 bridgehead atoms. The third kappa shape index (κ3) is 4.13. The molecule has 2 aromatic rings. The van der Waals surface area contributed by atoms with Gasteiger partial charge in [-0.05, 0) is 49.9 Å². The lowest BCUT2D eigenvalue weighted by molar-refractivity contribution is -0.142. The van der Waals surface area contributed by atoms with Crippen molar-refractivity contribution in [1.82, 2.24) is 9.97 Å². The fourth-order valence-corrected chi connectivity index (χ4v) is 3.82. The number of aromatic nitrogens is 2. The highest BCUT2D eigenvalue weighted by Crippen LogP contribution is 2.26. The fourth-order valence-electron chi connectivity index (χ4n) is 3.82. The van der Waals surface area contributed by atoms with Gasteiger partial charge in [0.15, 0.2) is 0 Å². The highest BCUT2D eigenvalue weighted by atomic mass is 16.4. The van der Waals surface area contributed by atoms with E-state index >= 15 is 0 Å². The highest BCUT2D eigenvalue weighted by molar-refractivity contribution is 5.70. The summed E-state index contributed by atoms with van der Waals surface area (Å²) in [4.78, 5) is 24.3. The maximum atomic E-state index is 11.1. The quantitative estimate of drug-likeness (QED) is 0.840. The lowest BCUT2D eigenvalue weighted by Crippen LogP contribution is -2.36. The number of carboxylic acids is 1. The van der Waals surface area contributed by atoms with Crippen molar-refractivity contribution >= 4 is 29.0 Å². The standard InChI is InChI=1S/C20H25N5O2/c26-20(27)15-7-11-25(12-8-15)19-13-18(21-14-22-19)23-16-3-5-17(6-4-16)24-9-1-2-10-24/h3-6,13-15H,1-2,7-12H2,(H,26,27)(H,21,22,23). The van der Waals surface area contributed by atoms with Gasteiger partial charge in [0.25, 0.3) is 0 Å². The Morgan fingerprint density at radius 2 is 1.70 bits per heavy atom. The average Bonchev–Trinajstić information content (AvgIpc) is 3.24. The van der Waals surface area contributed by atoms with Crippen molar-refractivity contribution in [2.24, 2.45) is 5.92 Å². The fraction of sp³-hybridized carbons (Fsp3) is 0.450. The van der Waals surface area contributed by atoms with E-state index in [0.29, 0.717) is 25.9 Å². The molecule has 7 heteroatoms. The summed E-state index contributed by atoms with van der Waals surface area (Å²) >= 11 is 0. The molecule has 1 aromatic heterocycles. The second-order valence-corrected chi connectivity index (χ2v) is 7.23. The summed E-state index contributed by atoms with van der Waals surface area (Å²) < 4.78 is 0. The third-order valence-corrected chi connectivity index (χ3v) is 5.43. The number of carbonyl (C=O) groups is 1. The minimum absolute atomic E-state index is 0.241. The monoisotopic (exact) mass is 367 g/mol. The van der Waals surface area contributed by atoms with Crippen LogP contribution in [0.5, 0.6) is 0 Å². The van der Waals surface area contributed by atoms with Gasteiger partial charge in [-0.3, -0.25) is 4.79 Å². The third-order valence-electron chi connectivity index (χ3n) is 5.43. The molecule has 0 radical (unpaired) electrons. The van der Waals surface area contributed by atoms with Crippen LogP contribution in [-0.2, 0) is 4.79 Å². The summed E-state index contributed by atoms with van der Waals surface area (Å²) in [7, 11) is 0. The Labute approximate surface area is 159 Å². The number of anilines is 4. The van der Waals surface area contributed by atoms with Gasteiger partial charge in [0.2, 0.25) is 0 Å². The van der Waals surface area contributed by atoms with Gasteiger partial charge in [0.1, 0.15) is 18.0 Å². The average molecular weight is 367 g/mol. The highest BCUT2D eigenvalue weighted by Gasteiger charge is 2.25. The van der Waals surface area contributed by atoms with Crippen molar-refractivity contribution in [2.75, 3.05) is 41.3 Å². The summed E-state index contributed by atoms with van der Waals surface area (Å²) in [5, 5.41) is 12.5. The molecule has 0 unspecified atom stereocenters. The molecule has 0 spiro atoms. The van der Waals surface area contributed by atoms with Crippen molar-refractivity contribution in [1.29, 1.82) is 0 Å². The summed E-state index contributed by atoms with van der Waals surface area (Å²) in [6, 6.07) is 10.4. The number of carboxylic acid groups (broad SMARTS) is 1. The van der Waals surface area contributed by atoms with E-state index in [0.717, 1.165) is 30.4 Å². The summed E-state index contributed by atoms with van der Waals surface area (Å²) in [6.07, 6.45) is 5.40. The molecular weight excluding hydrogens is 342 g/mol. The first-order valence-corrected chi connectivity index (χ1v) is 9.61. The number of benzene rings is 1. The van der Waals surface area contributed by atoms with Crippen LogP contribution in [-0.4, -0.2) is 47.2 Å². The number of hydrogen-bond donors (Lipinski definition) is 2. The first kappa shape index (κ1) is 17.6. The molecule has 2 saturated heterocycles. The van der Waals surface area contributed by atoms with Crippen molar-refractivity contribution in [3.05, 3.63) is 36.7 Å². The Morgan fingerprint density at radius 1 is 1.00 bits per heavy atom.